The molecule has 1 heterocycles. The van der Waals surface area contributed by atoms with Crippen LogP contribution in [0.15, 0.2) is 24.5 Å². The van der Waals surface area contributed by atoms with Gasteiger partial charge in [0.1, 0.15) is 0 Å². The Labute approximate surface area is 105 Å². The lowest BCUT2D eigenvalue weighted by Crippen LogP contribution is -2.10. The number of hydrogen-bond donors (Lipinski definition) is 1. The van der Waals surface area contributed by atoms with Crippen LogP contribution in [0, 0.1) is 0 Å². The summed E-state index contributed by atoms with van der Waals surface area (Å²) in [7, 11) is 1.89. The number of fused-ring (bicyclic) bond motifs is 1. The molecule has 0 aliphatic carbocycles. The average Bonchev–Trinajstić information content (AvgIpc) is 2.71. The third-order valence-corrected chi connectivity index (χ3v) is 2.80. The Bertz CT molecular complexity index is 562. The van der Waals surface area contributed by atoms with Gasteiger partial charge in [-0.05, 0) is 24.6 Å². The molecule has 0 saturated heterocycles. The minimum Gasteiger partial charge on any atom is -0.466 e. The van der Waals surface area contributed by atoms with Gasteiger partial charge in [-0.15, -0.1) is 0 Å². The Morgan fingerprint density at radius 3 is 3.06 bits per heavy atom. The van der Waals surface area contributed by atoms with E-state index >= 15 is 0 Å². The number of carbonyl (C=O) groups is 1. The Hall–Kier alpha value is -1.88. The molecule has 1 aromatic heterocycles. The van der Waals surface area contributed by atoms with E-state index in [0.717, 1.165) is 11.0 Å². The summed E-state index contributed by atoms with van der Waals surface area (Å²) in [6, 6.07) is 5.45. The molecule has 0 bridgehead atoms. The van der Waals surface area contributed by atoms with Gasteiger partial charge in [-0.2, -0.15) is 0 Å². The van der Waals surface area contributed by atoms with E-state index in [2.05, 4.69) is 4.98 Å². The van der Waals surface area contributed by atoms with Crippen molar-refractivity contribution in [2.75, 3.05) is 6.61 Å². The molecule has 0 aliphatic rings. The molecule has 5 nitrogen and oxygen atoms in total. The van der Waals surface area contributed by atoms with Gasteiger partial charge in [0.15, 0.2) is 0 Å². The highest BCUT2D eigenvalue weighted by Gasteiger charge is 2.14. The van der Waals surface area contributed by atoms with Crippen molar-refractivity contribution in [1.82, 2.24) is 9.55 Å². The van der Waals surface area contributed by atoms with Crippen LogP contribution in [0.4, 0.5) is 0 Å². The summed E-state index contributed by atoms with van der Waals surface area (Å²) in [6.07, 6.45) is 0.840. The molecule has 0 spiro atoms. The summed E-state index contributed by atoms with van der Waals surface area (Å²) in [6.45, 7) is 2.07. The van der Waals surface area contributed by atoms with Crippen LogP contribution in [0.1, 0.15) is 25.0 Å². The molecule has 1 N–H and O–H groups in total. The van der Waals surface area contributed by atoms with Crippen LogP contribution in [0.25, 0.3) is 11.0 Å². The van der Waals surface area contributed by atoms with Crippen molar-refractivity contribution in [1.29, 1.82) is 0 Å². The summed E-state index contributed by atoms with van der Waals surface area (Å²) in [4.78, 5) is 15.5. The van der Waals surface area contributed by atoms with Crippen molar-refractivity contribution in [3.63, 3.8) is 0 Å². The third-order valence-electron chi connectivity index (χ3n) is 2.80. The number of aliphatic hydroxyl groups excluding tert-OH is 1. The molecule has 2 aromatic rings. The summed E-state index contributed by atoms with van der Waals surface area (Å²) < 4.78 is 6.68. The second-order valence-corrected chi connectivity index (χ2v) is 4.13. The lowest BCUT2D eigenvalue weighted by molar-refractivity contribution is -0.145. The average molecular weight is 248 g/mol. The first-order valence-electron chi connectivity index (χ1n) is 5.86. The number of rotatable bonds is 4. The second-order valence-electron chi connectivity index (χ2n) is 4.13. The third kappa shape index (κ3) is 2.51. The molecule has 0 unspecified atom stereocenters. The molecule has 18 heavy (non-hydrogen) atoms. The quantitative estimate of drug-likeness (QED) is 0.834. The summed E-state index contributed by atoms with van der Waals surface area (Å²) >= 11 is 0. The zero-order valence-corrected chi connectivity index (χ0v) is 10.5. The van der Waals surface area contributed by atoms with Gasteiger partial charge in [0, 0.05) is 7.05 Å². The van der Waals surface area contributed by atoms with E-state index in [4.69, 9.17) is 4.74 Å². The number of nitrogens with zero attached hydrogens (tertiary/aromatic N) is 2. The predicted octanol–water partition coefficient (Wildman–Crippen LogP) is 1.56. The molecule has 0 aliphatic heterocycles. The fraction of sp³-hybridized carbons (Fsp3) is 0.385. The maximum absolute atomic E-state index is 11.3. The molecule has 0 amide bonds. The summed E-state index contributed by atoms with van der Waals surface area (Å²) in [5.41, 5.74) is 2.49. The van der Waals surface area contributed by atoms with Gasteiger partial charge in [0.05, 0.1) is 36.5 Å². The van der Waals surface area contributed by atoms with Crippen molar-refractivity contribution in [3.05, 3.63) is 30.1 Å². The number of aromatic nitrogens is 2. The first-order chi connectivity index (χ1) is 8.61. The summed E-state index contributed by atoms with van der Waals surface area (Å²) in [5.74, 6) is -0.393. The van der Waals surface area contributed by atoms with E-state index in [1.54, 1.807) is 19.3 Å². The normalized spacial score (nSPS) is 12.6. The predicted molar refractivity (Wildman–Crippen MR) is 66.9 cm³/mol. The Morgan fingerprint density at radius 2 is 2.33 bits per heavy atom. The molecular weight excluding hydrogens is 232 g/mol. The van der Waals surface area contributed by atoms with Crippen LogP contribution >= 0.6 is 0 Å². The fourth-order valence-corrected chi connectivity index (χ4v) is 1.85. The van der Waals surface area contributed by atoms with Crippen LogP contribution in [-0.4, -0.2) is 27.2 Å². The number of ether oxygens (including phenoxy) is 1. The lowest BCUT2D eigenvalue weighted by atomic mass is 10.1. The highest BCUT2D eigenvalue weighted by atomic mass is 16.5. The monoisotopic (exact) mass is 248 g/mol. The molecule has 5 heteroatoms. The molecule has 0 fully saturated rings. The Kier molecular flexibility index (Phi) is 3.62. The van der Waals surface area contributed by atoms with Gasteiger partial charge in [-0.3, -0.25) is 4.79 Å². The maximum Gasteiger partial charge on any atom is 0.308 e. The number of imidazole rings is 1. The zero-order chi connectivity index (χ0) is 13.1. The highest BCUT2D eigenvalue weighted by Crippen LogP contribution is 2.21. The molecule has 1 aromatic carbocycles. The van der Waals surface area contributed by atoms with E-state index in [9.17, 15) is 9.90 Å². The molecule has 1 atom stereocenters. The van der Waals surface area contributed by atoms with Gasteiger partial charge in [0.2, 0.25) is 0 Å². The van der Waals surface area contributed by atoms with Crippen LogP contribution < -0.4 is 0 Å². The number of aliphatic hydroxyl groups is 1. The van der Waals surface area contributed by atoms with E-state index in [1.807, 2.05) is 23.7 Å². The lowest BCUT2D eigenvalue weighted by Gasteiger charge is -2.10. The van der Waals surface area contributed by atoms with E-state index in [1.165, 1.54) is 0 Å². The number of aryl methyl sites for hydroxylation is 1. The van der Waals surface area contributed by atoms with Crippen LogP contribution in [0.5, 0.6) is 0 Å². The Balaban J connectivity index is 2.19. The first kappa shape index (κ1) is 12.6. The number of benzene rings is 1. The zero-order valence-electron chi connectivity index (χ0n) is 10.5. The topological polar surface area (TPSA) is 64.3 Å². The second kappa shape index (κ2) is 5.18. The minimum absolute atomic E-state index is 0.0306. The van der Waals surface area contributed by atoms with Crippen molar-refractivity contribution in [3.8, 4) is 0 Å². The molecule has 0 saturated carbocycles. The first-order valence-corrected chi connectivity index (χ1v) is 5.86. The van der Waals surface area contributed by atoms with E-state index in [0.29, 0.717) is 12.2 Å². The van der Waals surface area contributed by atoms with Crippen molar-refractivity contribution in [2.45, 2.75) is 19.4 Å². The van der Waals surface area contributed by atoms with Gasteiger partial charge >= 0.3 is 5.97 Å². The van der Waals surface area contributed by atoms with Gasteiger partial charge in [0.25, 0.3) is 0 Å². The van der Waals surface area contributed by atoms with Gasteiger partial charge < -0.3 is 14.4 Å². The number of carbonyl (C=O) groups excluding carboxylic acids is 1. The maximum atomic E-state index is 11.3. The molecule has 2 rings (SSSR count). The molecular formula is C13H16N2O3. The number of esters is 1. The van der Waals surface area contributed by atoms with Gasteiger partial charge in [-0.1, -0.05) is 6.07 Å². The van der Waals surface area contributed by atoms with Crippen molar-refractivity contribution in [2.24, 2.45) is 7.05 Å². The van der Waals surface area contributed by atoms with Crippen LogP contribution in [0.2, 0.25) is 0 Å². The van der Waals surface area contributed by atoms with E-state index < -0.39 is 12.1 Å². The molecule has 96 valence electrons. The highest BCUT2D eigenvalue weighted by molar-refractivity contribution is 5.76. The number of hydrogen-bond acceptors (Lipinski definition) is 4. The molecule has 0 radical (unpaired) electrons. The van der Waals surface area contributed by atoms with Crippen LogP contribution in [0.3, 0.4) is 0 Å². The Morgan fingerprint density at radius 1 is 1.56 bits per heavy atom. The fourth-order valence-electron chi connectivity index (χ4n) is 1.85. The smallest absolute Gasteiger partial charge is 0.308 e. The summed E-state index contributed by atoms with van der Waals surface area (Å²) in [5, 5.41) is 9.97. The van der Waals surface area contributed by atoms with E-state index in [-0.39, 0.29) is 6.42 Å². The van der Waals surface area contributed by atoms with Crippen LogP contribution in [-0.2, 0) is 16.6 Å². The van der Waals surface area contributed by atoms with Crippen molar-refractivity contribution < 1.29 is 14.6 Å². The van der Waals surface area contributed by atoms with Crippen molar-refractivity contribution >= 4 is 17.0 Å². The SMILES string of the molecule is CCOC(=O)C[C@H](O)c1ccc2ncn(C)c2c1. The minimum atomic E-state index is -0.844. The van der Waals surface area contributed by atoms with Gasteiger partial charge in [-0.25, -0.2) is 4.98 Å². The standard InChI is InChI=1S/C13H16N2O3/c1-3-18-13(17)7-12(16)9-4-5-10-11(6-9)15(2)8-14-10/h4-6,8,12,16H,3,7H2,1-2H3/t12-/m0/s1. The largest absolute Gasteiger partial charge is 0.466 e.